The molecule has 0 saturated heterocycles. The van der Waals surface area contributed by atoms with E-state index in [1.54, 1.807) is 17.0 Å². The molecule has 0 spiro atoms. The number of aryl methyl sites for hydroxylation is 1. The summed E-state index contributed by atoms with van der Waals surface area (Å²) >= 11 is 0. The van der Waals surface area contributed by atoms with E-state index in [0.717, 1.165) is 42.5 Å². The average molecular weight is 467 g/mol. The van der Waals surface area contributed by atoms with Gasteiger partial charge >= 0.3 is 5.97 Å². The first kappa shape index (κ1) is 25.8. The minimum Gasteiger partial charge on any atom is -0.478 e. The highest BCUT2D eigenvalue weighted by Crippen LogP contribution is 2.33. The molecule has 184 valence electrons. The molecular weight excluding hydrogens is 428 g/mol. The third-order valence-electron chi connectivity index (χ3n) is 7.09. The third kappa shape index (κ3) is 6.17. The molecule has 0 heterocycles. The lowest BCUT2D eigenvalue weighted by Crippen LogP contribution is -2.50. The van der Waals surface area contributed by atoms with Crippen molar-refractivity contribution in [1.29, 1.82) is 0 Å². The second-order valence-corrected chi connectivity index (χ2v) is 10.1. The van der Waals surface area contributed by atoms with Gasteiger partial charge in [-0.3, -0.25) is 4.79 Å². The molecular formula is C28H38N2O4. The van der Waals surface area contributed by atoms with Crippen LogP contribution >= 0.6 is 0 Å². The highest BCUT2D eigenvalue weighted by Gasteiger charge is 2.35. The number of hydrogen-bond donors (Lipinski definition) is 2. The molecule has 3 rings (SSSR count). The number of nitrogens with zero attached hydrogens (tertiary/aromatic N) is 1. The van der Waals surface area contributed by atoms with E-state index in [9.17, 15) is 14.7 Å². The fraction of sp³-hybridized carbons (Fsp3) is 0.500. The number of nitrogens with one attached hydrogen (secondary N) is 1. The van der Waals surface area contributed by atoms with Crippen molar-refractivity contribution in [2.24, 2.45) is 0 Å². The Labute approximate surface area is 203 Å². The largest absolute Gasteiger partial charge is 0.478 e. The van der Waals surface area contributed by atoms with Crippen LogP contribution in [0.15, 0.2) is 42.5 Å². The van der Waals surface area contributed by atoms with Crippen molar-refractivity contribution >= 4 is 17.6 Å². The monoisotopic (exact) mass is 466 g/mol. The summed E-state index contributed by atoms with van der Waals surface area (Å²) in [5.74, 6) is -0.357. The van der Waals surface area contributed by atoms with Crippen molar-refractivity contribution in [3.05, 3.63) is 59.2 Å². The lowest BCUT2D eigenvalue weighted by molar-refractivity contribution is -0.152. The Balaban J connectivity index is 1.68. The molecule has 1 aliphatic carbocycles. The van der Waals surface area contributed by atoms with Gasteiger partial charge in [-0.15, -0.1) is 0 Å². The lowest BCUT2D eigenvalue weighted by Gasteiger charge is -2.39. The number of hydrogen-bond acceptors (Lipinski definition) is 4. The molecule has 0 unspecified atom stereocenters. The van der Waals surface area contributed by atoms with Crippen LogP contribution in [0.4, 0.5) is 5.69 Å². The number of anilines is 1. The number of benzene rings is 2. The molecule has 0 bridgehead atoms. The van der Waals surface area contributed by atoms with Crippen molar-refractivity contribution in [2.75, 3.05) is 11.9 Å². The zero-order valence-corrected chi connectivity index (χ0v) is 21.1. The van der Waals surface area contributed by atoms with Crippen LogP contribution in [0.2, 0.25) is 0 Å². The highest BCUT2D eigenvalue weighted by atomic mass is 16.5. The second kappa shape index (κ2) is 10.6. The number of amides is 1. The predicted molar refractivity (Wildman–Crippen MR) is 135 cm³/mol. The van der Waals surface area contributed by atoms with Gasteiger partial charge in [0.2, 0.25) is 5.91 Å². The van der Waals surface area contributed by atoms with Gasteiger partial charge in [-0.1, -0.05) is 43.5 Å². The van der Waals surface area contributed by atoms with E-state index in [-0.39, 0.29) is 11.4 Å². The van der Waals surface area contributed by atoms with Crippen LogP contribution in [0.1, 0.15) is 69.1 Å². The topological polar surface area (TPSA) is 78.9 Å². The van der Waals surface area contributed by atoms with Crippen molar-refractivity contribution < 1.29 is 19.4 Å². The first-order valence-electron chi connectivity index (χ1n) is 12.1. The first-order valence-corrected chi connectivity index (χ1v) is 12.1. The normalized spacial score (nSPS) is 15.6. The van der Waals surface area contributed by atoms with Crippen molar-refractivity contribution in [1.82, 2.24) is 5.32 Å². The van der Waals surface area contributed by atoms with Crippen molar-refractivity contribution in [3.8, 4) is 5.75 Å². The maximum Gasteiger partial charge on any atom is 0.347 e. The zero-order valence-electron chi connectivity index (χ0n) is 21.1. The van der Waals surface area contributed by atoms with Crippen LogP contribution in [-0.2, 0) is 16.1 Å². The van der Waals surface area contributed by atoms with Crippen molar-refractivity contribution in [2.45, 2.75) is 83.9 Å². The predicted octanol–water partition coefficient (Wildman–Crippen LogP) is 5.39. The molecule has 0 atom stereocenters. The summed E-state index contributed by atoms with van der Waals surface area (Å²) in [7, 11) is 1.87. The van der Waals surface area contributed by atoms with Crippen LogP contribution in [0.5, 0.6) is 5.75 Å². The van der Waals surface area contributed by atoms with Crippen LogP contribution in [-0.4, -0.2) is 35.2 Å². The molecule has 1 fully saturated rings. The molecule has 2 aromatic carbocycles. The third-order valence-corrected chi connectivity index (χ3v) is 7.09. The van der Waals surface area contributed by atoms with E-state index in [2.05, 4.69) is 25.2 Å². The minimum absolute atomic E-state index is 0.128. The molecule has 1 amide bonds. The van der Waals surface area contributed by atoms with Crippen molar-refractivity contribution in [3.63, 3.8) is 0 Å². The molecule has 0 radical (unpaired) electrons. The van der Waals surface area contributed by atoms with Crippen LogP contribution in [0, 0.1) is 13.8 Å². The SMILES string of the molecule is Cc1cccc(N(C)C(=O)CC2(NCc3ccc(OC(C)(C)C(=O)O)cc3)CCCCC2)c1C. The van der Waals surface area contributed by atoms with E-state index in [4.69, 9.17) is 4.74 Å². The molecule has 6 heteroatoms. The Morgan fingerprint density at radius 3 is 2.32 bits per heavy atom. The number of carboxylic acid groups (broad SMARTS) is 1. The summed E-state index contributed by atoms with van der Waals surface area (Å²) in [6.45, 7) is 7.84. The molecule has 2 N–H and O–H groups in total. The number of rotatable bonds is 9. The molecule has 34 heavy (non-hydrogen) atoms. The Hall–Kier alpha value is -2.86. The van der Waals surface area contributed by atoms with Gasteiger partial charge in [0.25, 0.3) is 0 Å². The first-order chi connectivity index (χ1) is 16.0. The van der Waals surface area contributed by atoms with E-state index >= 15 is 0 Å². The van der Waals surface area contributed by atoms with Gasteiger partial charge in [0.1, 0.15) is 5.75 Å². The van der Waals surface area contributed by atoms with Gasteiger partial charge in [-0.25, -0.2) is 4.79 Å². The molecule has 0 aliphatic heterocycles. The fourth-order valence-corrected chi connectivity index (χ4v) is 4.59. The lowest BCUT2D eigenvalue weighted by atomic mass is 9.78. The smallest absolute Gasteiger partial charge is 0.347 e. The van der Waals surface area contributed by atoms with Gasteiger partial charge in [0.05, 0.1) is 0 Å². The summed E-state index contributed by atoms with van der Waals surface area (Å²) in [5, 5.41) is 13.0. The van der Waals surface area contributed by atoms with E-state index in [1.807, 2.05) is 31.3 Å². The number of carbonyl (C=O) groups is 2. The summed E-state index contributed by atoms with van der Waals surface area (Å²) in [5.41, 5.74) is 2.85. The fourth-order valence-electron chi connectivity index (χ4n) is 4.59. The quantitative estimate of drug-likeness (QED) is 0.518. The molecule has 2 aromatic rings. The Morgan fingerprint density at radius 1 is 1.06 bits per heavy atom. The number of carboxylic acids is 1. The van der Waals surface area contributed by atoms with E-state index < -0.39 is 11.6 Å². The Morgan fingerprint density at radius 2 is 1.71 bits per heavy atom. The Bertz CT molecular complexity index is 1010. The molecule has 1 aliphatic rings. The maximum absolute atomic E-state index is 13.3. The van der Waals surface area contributed by atoms with Gasteiger partial charge in [-0.2, -0.15) is 0 Å². The van der Waals surface area contributed by atoms with Gasteiger partial charge in [0, 0.05) is 31.2 Å². The Kier molecular flexibility index (Phi) is 8.03. The second-order valence-electron chi connectivity index (χ2n) is 10.1. The molecule has 0 aromatic heterocycles. The van der Waals surface area contributed by atoms with Gasteiger partial charge < -0.3 is 20.1 Å². The minimum atomic E-state index is -1.28. The average Bonchev–Trinajstić information content (AvgIpc) is 2.80. The number of carbonyl (C=O) groups excluding carboxylic acids is 1. The van der Waals surface area contributed by atoms with Gasteiger partial charge in [0.15, 0.2) is 5.60 Å². The summed E-state index contributed by atoms with van der Waals surface area (Å²) < 4.78 is 5.60. The molecule has 6 nitrogen and oxygen atoms in total. The summed E-state index contributed by atoms with van der Waals surface area (Å²) in [4.78, 5) is 26.4. The number of aliphatic carboxylic acids is 1. The number of ether oxygens (including phenoxy) is 1. The zero-order chi connectivity index (χ0) is 24.9. The standard InChI is InChI=1S/C28H38N2O4/c1-20-10-9-11-24(21(20)2)30(5)25(31)18-28(16-7-6-8-17-28)29-19-22-12-14-23(15-13-22)34-27(3,4)26(32)33/h9-15,29H,6-8,16-19H2,1-5H3,(H,32,33). The molecule has 1 saturated carbocycles. The summed E-state index contributed by atoms with van der Waals surface area (Å²) in [6.07, 6.45) is 5.86. The summed E-state index contributed by atoms with van der Waals surface area (Å²) in [6, 6.07) is 13.6. The van der Waals surface area contributed by atoms with E-state index in [0.29, 0.717) is 18.7 Å². The highest BCUT2D eigenvalue weighted by molar-refractivity contribution is 5.94. The van der Waals surface area contributed by atoms with E-state index in [1.165, 1.54) is 25.8 Å². The van der Waals surface area contributed by atoms with Gasteiger partial charge in [-0.05, 0) is 75.4 Å². The van der Waals surface area contributed by atoms with Crippen LogP contribution in [0.3, 0.4) is 0 Å². The van der Waals surface area contributed by atoms with Crippen LogP contribution < -0.4 is 15.0 Å². The maximum atomic E-state index is 13.3. The van der Waals surface area contributed by atoms with Crippen LogP contribution in [0.25, 0.3) is 0 Å².